The molecular weight excluding hydrogens is 317 g/mol. The number of carboxylic acid groups (broad SMARTS) is 1. The van der Waals surface area contributed by atoms with Crippen LogP contribution in [0.3, 0.4) is 0 Å². The fraction of sp³-hybridized carbons (Fsp3) is 0.364. The van der Waals surface area contributed by atoms with E-state index in [2.05, 4.69) is 15.9 Å². The van der Waals surface area contributed by atoms with Crippen LogP contribution in [0.2, 0.25) is 0 Å². The summed E-state index contributed by atoms with van der Waals surface area (Å²) in [4.78, 5) is 10.5. The lowest BCUT2D eigenvalue weighted by Crippen LogP contribution is -2.23. The molecule has 0 spiro atoms. The van der Waals surface area contributed by atoms with Crippen LogP contribution in [0.1, 0.15) is 17.9 Å². The molecule has 0 heterocycles. The molecule has 0 aliphatic rings. The smallest absolute Gasteiger partial charge is 0.396 e. The number of methoxy groups -OCH3 is 1. The fourth-order valence-electron chi connectivity index (χ4n) is 1.50. The number of carboxylic acids is 1. The van der Waals surface area contributed by atoms with Gasteiger partial charge < -0.3 is 9.84 Å². The summed E-state index contributed by atoms with van der Waals surface area (Å²) >= 11 is 3.07. The van der Waals surface area contributed by atoms with Crippen LogP contribution in [0.25, 0.3) is 0 Å². The highest BCUT2D eigenvalue weighted by Crippen LogP contribution is 2.39. The van der Waals surface area contributed by atoms with Crippen molar-refractivity contribution in [2.75, 3.05) is 7.11 Å². The molecular formula is C11H10BrF3O3. The number of aliphatic carboxylic acids is 1. The van der Waals surface area contributed by atoms with Crippen LogP contribution >= 0.6 is 15.9 Å². The van der Waals surface area contributed by atoms with E-state index >= 15 is 0 Å². The Hall–Kier alpha value is -1.24. The van der Waals surface area contributed by atoms with Gasteiger partial charge in [0.2, 0.25) is 0 Å². The summed E-state index contributed by atoms with van der Waals surface area (Å²) in [6.45, 7) is 0. The molecule has 100 valence electrons. The van der Waals surface area contributed by atoms with Crippen LogP contribution in [0, 0.1) is 0 Å². The summed E-state index contributed by atoms with van der Waals surface area (Å²) in [7, 11) is 1.39. The Labute approximate surface area is 110 Å². The van der Waals surface area contributed by atoms with Crippen LogP contribution in [-0.2, 0) is 4.79 Å². The lowest BCUT2D eigenvalue weighted by molar-refractivity contribution is -0.163. The number of ether oxygens (including phenoxy) is 1. The Morgan fingerprint density at radius 2 is 2.11 bits per heavy atom. The second kappa shape index (κ2) is 5.60. The van der Waals surface area contributed by atoms with Gasteiger partial charge in [0.1, 0.15) is 5.75 Å². The van der Waals surface area contributed by atoms with Crippen molar-refractivity contribution < 1.29 is 27.8 Å². The zero-order chi connectivity index (χ0) is 13.9. The summed E-state index contributed by atoms with van der Waals surface area (Å²) in [6, 6.07) is 3.80. The summed E-state index contributed by atoms with van der Waals surface area (Å²) < 4.78 is 43.6. The van der Waals surface area contributed by atoms with E-state index in [-0.39, 0.29) is 5.56 Å². The molecule has 0 saturated carbocycles. The first-order valence-corrected chi connectivity index (χ1v) is 5.67. The lowest BCUT2D eigenvalue weighted by atomic mass is 9.95. The molecule has 1 unspecified atom stereocenters. The molecule has 1 atom stereocenters. The maximum absolute atomic E-state index is 12.8. The van der Waals surface area contributed by atoms with Gasteiger partial charge in [-0.3, -0.25) is 4.79 Å². The van der Waals surface area contributed by atoms with Gasteiger partial charge in [0.25, 0.3) is 0 Å². The van der Waals surface area contributed by atoms with Crippen LogP contribution in [0.5, 0.6) is 5.75 Å². The zero-order valence-corrected chi connectivity index (χ0v) is 10.9. The van der Waals surface area contributed by atoms with E-state index in [1.807, 2.05) is 0 Å². The first-order chi connectivity index (χ1) is 8.25. The van der Waals surface area contributed by atoms with Crippen molar-refractivity contribution in [1.82, 2.24) is 0 Å². The van der Waals surface area contributed by atoms with Crippen molar-refractivity contribution in [3.05, 3.63) is 28.2 Å². The Balaban J connectivity index is 3.13. The highest BCUT2D eigenvalue weighted by molar-refractivity contribution is 9.10. The molecule has 0 aliphatic heterocycles. The van der Waals surface area contributed by atoms with Crippen LogP contribution < -0.4 is 4.74 Å². The SMILES string of the molecule is COc1ccc(C(CC(=O)O)C(F)(F)F)cc1Br. The number of benzene rings is 1. The van der Waals surface area contributed by atoms with E-state index in [1.165, 1.54) is 25.3 Å². The van der Waals surface area contributed by atoms with Gasteiger partial charge in [-0.05, 0) is 33.6 Å². The number of halogens is 4. The largest absolute Gasteiger partial charge is 0.496 e. The number of hydrogen-bond acceptors (Lipinski definition) is 2. The highest BCUT2D eigenvalue weighted by Gasteiger charge is 2.42. The third-order valence-electron chi connectivity index (χ3n) is 2.35. The van der Waals surface area contributed by atoms with Gasteiger partial charge in [-0.2, -0.15) is 13.2 Å². The number of rotatable bonds is 4. The average Bonchev–Trinajstić information content (AvgIpc) is 2.24. The van der Waals surface area contributed by atoms with Gasteiger partial charge in [0, 0.05) is 0 Å². The van der Waals surface area contributed by atoms with Crippen molar-refractivity contribution >= 4 is 21.9 Å². The molecule has 0 aliphatic carbocycles. The molecule has 1 aromatic rings. The Kier molecular flexibility index (Phi) is 4.61. The van der Waals surface area contributed by atoms with Crippen LogP contribution in [0.4, 0.5) is 13.2 Å². The fourth-order valence-corrected chi connectivity index (χ4v) is 2.05. The first-order valence-electron chi connectivity index (χ1n) is 4.87. The van der Waals surface area contributed by atoms with Gasteiger partial charge >= 0.3 is 12.1 Å². The molecule has 7 heteroatoms. The lowest BCUT2D eigenvalue weighted by Gasteiger charge is -2.19. The zero-order valence-electron chi connectivity index (χ0n) is 9.29. The maximum atomic E-state index is 12.8. The third kappa shape index (κ3) is 3.63. The van der Waals surface area contributed by atoms with Gasteiger partial charge in [-0.25, -0.2) is 0 Å². The molecule has 18 heavy (non-hydrogen) atoms. The number of hydrogen-bond donors (Lipinski definition) is 1. The van der Waals surface area contributed by atoms with Crippen LogP contribution in [0.15, 0.2) is 22.7 Å². The van der Waals surface area contributed by atoms with Gasteiger partial charge in [-0.1, -0.05) is 6.07 Å². The molecule has 0 bridgehead atoms. The minimum Gasteiger partial charge on any atom is -0.496 e. The van der Waals surface area contributed by atoms with Crippen LogP contribution in [-0.4, -0.2) is 24.4 Å². The predicted molar refractivity (Wildman–Crippen MR) is 61.7 cm³/mol. The normalized spacial score (nSPS) is 13.2. The molecule has 0 saturated heterocycles. The van der Waals surface area contributed by atoms with E-state index in [0.717, 1.165) is 0 Å². The number of alkyl halides is 3. The van der Waals surface area contributed by atoms with Crippen molar-refractivity contribution in [2.45, 2.75) is 18.5 Å². The van der Waals surface area contributed by atoms with E-state index in [4.69, 9.17) is 9.84 Å². The minimum absolute atomic E-state index is 0.113. The molecule has 0 fully saturated rings. The molecule has 1 aromatic carbocycles. The van der Waals surface area contributed by atoms with Crippen molar-refractivity contribution in [1.29, 1.82) is 0 Å². The molecule has 3 nitrogen and oxygen atoms in total. The first kappa shape index (κ1) is 14.8. The Morgan fingerprint density at radius 3 is 2.50 bits per heavy atom. The molecule has 0 radical (unpaired) electrons. The maximum Gasteiger partial charge on any atom is 0.396 e. The Bertz CT molecular complexity index is 446. The highest BCUT2D eigenvalue weighted by atomic mass is 79.9. The summed E-state index contributed by atoms with van der Waals surface area (Å²) in [5, 5.41) is 8.54. The van der Waals surface area contributed by atoms with Gasteiger partial charge in [0.05, 0.1) is 23.9 Å². The van der Waals surface area contributed by atoms with Crippen molar-refractivity contribution in [2.24, 2.45) is 0 Å². The third-order valence-corrected chi connectivity index (χ3v) is 2.97. The summed E-state index contributed by atoms with van der Waals surface area (Å²) in [6.07, 6.45) is -5.60. The minimum atomic E-state index is -4.60. The van der Waals surface area contributed by atoms with E-state index in [9.17, 15) is 18.0 Å². The van der Waals surface area contributed by atoms with Gasteiger partial charge in [-0.15, -0.1) is 0 Å². The van der Waals surface area contributed by atoms with Crippen molar-refractivity contribution in [3.8, 4) is 5.75 Å². The van der Waals surface area contributed by atoms with E-state index < -0.39 is 24.5 Å². The predicted octanol–water partition coefficient (Wildman–Crippen LogP) is 3.58. The molecule has 1 N–H and O–H groups in total. The standard InChI is InChI=1S/C11H10BrF3O3/c1-18-9-3-2-6(4-8(9)12)7(5-10(16)17)11(13,14)15/h2-4,7H,5H2,1H3,(H,16,17). The Morgan fingerprint density at radius 1 is 1.50 bits per heavy atom. The second-order valence-corrected chi connectivity index (χ2v) is 4.44. The van der Waals surface area contributed by atoms with Gasteiger partial charge in [0.15, 0.2) is 0 Å². The monoisotopic (exact) mass is 326 g/mol. The quantitative estimate of drug-likeness (QED) is 0.919. The number of carbonyl (C=O) groups is 1. The van der Waals surface area contributed by atoms with Crippen molar-refractivity contribution in [3.63, 3.8) is 0 Å². The van der Waals surface area contributed by atoms with E-state index in [1.54, 1.807) is 0 Å². The summed E-state index contributed by atoms with van der Waals surface area (Å²) in [5.74, 6) is -3.14. The van der Waals surface area contributed by atoms with E-state index in [0.29, 0.717) is 10.2 Å². The molecule has 0 amide bonds. The average molecular weight is 327 g/mol. The molecule has 1 rings (SSSR count). The topological polar surface area (TPSA) is 46.5 Å². The second-order valence-electron chi connectivity index (χ2n) is 3.59. The summed E-state index contributed by atoms with van der Waals surface area (Å²) in [5.41, 5.74) is -0.113. The molecule has 0 aromatic heterocycles.